The molecule has 0 aromatic heterocycles. The third-order valence-corrected chi connectivity index (χ3v) is 2.54. The second-order valence-electron chi connectivity index (χ2n) is 3.99. The first kappa shape index (κ1) is 10.3. The molecule has 0 unspecified atom stereocenters. The van der Waals surface area contributed by atoms with Crippen LogP contribution in [0.15, 0.2) is 12.2 Å². The lowest BCUT2D eigenvalue weighted by atomic mass is 10.1. The van der Waals surface area contributed by atoms with Crippen LogP contribution in [0.3, 0.4) is 0 Å². The monoisotopic (exact) mass is 182 g/mol. The molecule has 1 fully saturated rings. The van der Waals surface area contributed by atoms with Crippen LogP contribution in [0.1, 0.15) is 39.5 Å². The van der Waals surface area contributed by atoms with Crippen molar-refractivity contribution in [3.63, 3.8) is 0 Å². The molecule has 0 bridgehead atoms. The van der Waals surface area contributed by atoms with Crippen molar-refractivity contribution in [3.8, 4) is 0 Å². The lowest BCUT2D eigenvalue weighted by molar-refractivity contribution is -0.144. The smallest absolute Gasteiger partial charge is 0.333 e. The average Bonchev–Trinajstić information content (AvgIpc) is 2.55. The van der Waals surface area contributed by atoms with Crippen LogP contribution >= 0.6 is 0 Å². The van der Waals surface area contributed by atoms with Gasteiger partial charge in [0.05, 0.1) is 0 Å². The molecule has 0 N–H and O–H groups in total. The quantitative estimate of drug-likeness (QED) is 0.495. The van der Waals surface area contributed by atoms with Gasteiger partial charge in [0.2, 0.25) is 0 Å². The second kappa shape index (κ2) is 4.45. The van der Waals surface area contributed by atoms with E-state index < -0.39 is 0 Å². The molecule has 2 nitrogen and oxygen atoms in total. The summed E-state index contributed by atoms with van der Waals surface area (Å²) in [5.41, 5.74) is 0.590. The van der Waals surface area contributed by atoms with E-state index in [9.17, 15) is 4.79 Å². The van der Waals surface area contributed by atoms with E-state index >= 15 is 0 Å². The Balaban J connectivity index is 2.35. The van der Waals surface area contributed by atoms with Crippen molar-refractivity contribution < 1.29 is 9.53 Å². The number of carbonyl (C=O) groups excluding carboxylic acids is 1. The summed E-state index contributed by atoms with van der Waals surface area (Å²) >= 11 is 0. The van der Waals surface area contributed by atoms with Gasteiger partial charge in [-0.05, 0) is 31.6 Å². The summed E-state index contributed by atoms with van der Waals surface area (Å²) in [6.07, 6.45) is 4.58. The Bertz CT molecular complexity index is 200. The van der Waals surface area contributed by atoms with Gasteiger partial charge in [-0.2, -0.15) is 0 Å². The maximum absolute atomic E-state index is 11.4. The molecule has 0 radical (unpaired) electrons. The zero-order valence-corrected chi connectivity index (χ0v) is 8.51. The van der Waals surface area contributed by atoms with Crippen LogP contribution in [-0.4, -0.2) is 12.1 Å². The fourth-order valence-corrected chi connectivity index (χ4v) is 1.47. The highest BCUT2D eigenvalue weighted by Crippen LogP contribution is 2.22. The number of hydrogen-bond acceptors (Lipinski definition) is 2. The number of ether oxygens (including phenoxy) is 1. The summed E-state index contributed by atoms with van der Waals surface area (Å²) in [5.74, 6) is -0.0178. The van der Waals surface area contributed by atoms with Gasteiger partial charge < -0.3 is 4.74 Å². The molecule has 0 spiro atoms. The standard InChI is InChI=1S/C11H18O2/c1-8(2)9(3)11(12)13-10-6-4-5-7-10/h8,10H,3-7H2,1-2H3. The molecule has 0 amide bonds. The minimum Gasteiger partial charge on any atom is -0.459 e. The first-order valence-corrected chi connectivity index (χ1v) is 5.01. The van der Waals surface area contributed by atoms with Crippen LogP contribution in [0, 0.1) is 5.92 Å². The summed E-state index contributed by atoms with van der Waals surface area (Å²) in [6, 6.07) is 0. The van der Waals surface area contributed by atoms with Crippen molar-refractivity contribution in [2.45, 2.75) is 45.6 Å². The van der Waals surface area contributed by atoms with E-state index in [4.69, 9.17) is 4.74 Å². The molecule has 1 rings (SSSR count). The molecule has 0 saturated heterocycles. The summed E-state index contributed by atoms with van der Waals surface area (Å²) in [6.45, 7) is 7.63. The van der Waals surface area contributed by atoms with E-state index in [0.717, 1.165) is 12.8 Å². The first-order valence-electron chi connectivity index (χ1n) is 5.01. The van der Waals surface area contributed by atoms with Crippen molar-refractivity contribution in [3.05, 3.63) is 12.2 Å². The van der Waals surface area contributed by atoms with Gasteiger partial charge in [-0.1, -0.05) is 20.4 Å². The van der Waals surface area contributed by atoms with Gasteiger partial charge in [-0.15, -0.1) is 0 Å². The van der Waals surface area contributed by atoms with Crippen LogP contribution in [-0.2, 0) is 9.53 Å². The van der Waals surface area contributed by atoms with Crippen molar-refractivity contribution >= 4 is 5.97 Å². The van der Waals surface area contributed by atoms with E-state index in [-0.39, 0.29) is 18.0 Å². The van der Waals surface area contributed by atoms with Crippen molar-refractivity contribution in [1.82, 2.24) is 0 Å². The molecular formula is C11H18O2. The molecule has 0 heterocycles. The fourth-order valence-electron chi connectivity index (χ4n) is 1.47. The summed E-state index contributed by atoms with van der Waals surface area (Å²) in [7, 11) is 0. The lowest BCUT2D eigenvalue weighted by Crippen LogP contribution is -2.18. The summed E-state index contributed by atoms with van der Waals surface area (Å²) in [4.78, 5) is 11.4. The second-order valence-corrected chi connectivity index (χ2v) is 3.99. The predicted octanol–water partition coefficient (Wildman–Crippen LogP) is 2.68. The van der Waals surface area contributed by atoms with Gasteiger partial charge in [-0.3, -0.25) is 0 Å². The highest BCUT2D eigenvalue weighted by Gasteiger charge is 2.21. The highest BCUT2D eigenvalue weighted by molar-refractivity contribution is 5.88. The average molecular weight is 182 g/mol. The van der Waals surface area contributed by atoms with Crippen LogP contribution in [0.4, 0.5) is 0 Å². The Hall–Kier alpha value is -0.790. The molecular weight excluding hydrogens is 164 g/mol. The third kappa shape index (κ3) is 2.87. The molecule has 1 aliphatic carbocycles. The maximum Gasteiger partial charge on any atom is 0.333 e. The van der Waals surface area contributed by atoms with Crippen LogP contribution < -0.4 is 0 Å². The van der Waals surface area contributed by atoms with Crippen molar-refractivity contribution in [2.75, 3.05) is 0 Å². The van der Waals surface area contributed by atoms with Crippen LogP contribution in [0.2, 0.25) is 0 Å². The minimum atomic E-state index is -0.207. The number of esters is 1. The van der Waals surface area contributed by atoms with E-state index in [1.54, 1.807) is 0 Å². The number of hydrogen-bond donors (Lipinski definition) is 0. The van der Waals surface area contributed by atoms with Gasteiger partial charge >= 0.3 is 5.97 Å². The largest absolute Gasteiger partial charge is 0.459 e. The topological polar surface area (TPSA) is 26.3 Å². The third-order valence-electron chi connectivity index (χ3n) is 2.54. The molecule has 74 valence electrons. The van der Waals surface area contributed by atoms with E-state index in [0.29, 0.717) is 5.57 Å². The zero-order chi connectivity index (χ0) is 9.84. The molecule has 2 heteroatoms. The Kier molecular flexibility index (Phi) is 3.52. The summed E-state index contributed by atoms with van der Waals surface area (Å²) < 4.78 is 5.30. The van der Waals surface area contributed by atoms with Gasteiger partial charge in [0, 0.05) is 5.57 Å². The van der Waals surface area contributed by atoms with Crippen molar-refractivity contribution in [2.24, 2.45) is 5.92 Å². The minimum absolute atomic E-state index is 0.156. The lowest BCUT2D eigenvalue weighted by Gasteiger charge is -2.14. The highest BCUT2D eigenvalue weighted by atomic mass is 16.5. The summed E-state index contributed by atoms with van der Waals surface area (Å²) in [5, 5.41) is 0. The van der Waals surface area contributed by atoms with Crippen LogP contribution in [0.5, 0.6) is 0 Å². The van der Waals surface area contributed by atoms with Gasteiger partial charge in [0.25, 0.3) is 0 Å². The Labute approximate surface area is 80.0 Å². The molecule has 1 aliphatic rings. The molecule has 13 heavy (non-hydrogen) atoms. The SMILES string of the molecule is C=C(C(=O)OC1CCCC1)C(C)C. The predicted molar refractivity (Wildman–Crippen MR) is 52.3 cm³/mol. The fraction of sp³-hybridized carbons (Fsp3) is 0.727. The van der Waals surface area contributed by atoms with E-state index in [1.165, 1.54) is 12.8 Å². The van der Waals surface area contributed by atoms with Crippen molar-refractivity contribution in [1.29, 1.82) is 0 Å². The Morgan fingerprint density at radius 1 is 1.38 bits per heavy atom. The van der Waals surface area contributed by atoms with Gasteiger partial charge in [0.15, 0.2) is 0 Å². The van der Waals surface area contributed by atoms with E-state index in [1.807, 2.05) is 13.8 Å². The molecule has 0 atom stereocenters. The molecule has 0 aliphatic heterocycles. The van der Waals surface area contributed by atoms with Crippen LogP contribution in [0.25, 0.3) is 0 Å². The Morgan fingerprint density at radius 2 is 1.92 bits per heavy atom. The van der Waals surface area contributed by atoms with Gasteiger partial charge in [-0.25, -0.2) is 4.79 Å². The zero-order valence-electron chi connectivity index (χ0n) is 8.51. The normalized spacial score (nSPS) is 17.8. The molecule has 0 aromatic rings. The number of carbonyl (C=O) groups is 1. The van der Waals surface area contributed by atoms with E-state index in [2.05, 4.69) is 6.58 Å². The Morgan fingerprint density at radius 3 is 2.38 bits per heavy atom. The molecule has 0 aromatic carbocycles. The molecule has 1 saturated carbocycles. The first-order chi connectivity index (χ1) is 6.11. The number of rotatable bonds is 3. The van der Waals surface area contributed by atoms with Gasteiger partial charge in [0.1, 0.15) is 6.10 Å². The maximum atomic E-state index is 11.4.